The molecule has 0 bridgehead atoms. The van der Waals surface area contributed by atoms with E-state index in [9.17, 15) is 9.59 Å². The van der Waals surface area contributed by atoms with Gasteiger partial charge in [-0.1, -0.05) is 28.1 Å². The normalized spacial score (nSPS) is 11.8. The van der Waals surface area contributed by atoms with Crippen LogP contribution in [0.4, 0.5) is 0 Å². The van der Waals surface area contributed by atoms with Gasteiger partial charge < -0.3 is 4.74 Å². The van der Waals surface area contributed by atoms with Crippen LogP contribution in [0.2, 0.25) is 0 Å². The number of ketones is 2. The van der Waals surface area contributed by atoms with Gasteiger partial charge in [-0.3, -0.25) is 9.59 Å². The summed E-state index contributed by atoms with van der Waals surface area (Å²) >= 11 is 3.32. The highest BCUT2D eigenvalue weighted by Crippen LogP contribution is 2.19. The topological polar surface area (TPSA) is 43.4 Å². The Labute approximate surface area is 132 Å². The molecule has 0 aliphatic rings. The van der Waals surface area contributed by atoms with Crippen molar-refractivity contribution in [2.75, 3.05) is 7.11 Å². The first-order chi connectivity index (χ1) is 10.0. The number of benzene rings is 2. The molecule has 4 heteroatoms. The van der Waals surface area contributed by atoms with Gasteiger partial charge >= 0.3 is 0 Å². The molecule has 0 radical (unpaired) electrons. The fraction of sp³-hybridized carbons (Fsp3) is 0.176. The number of Topliss-reactive ketones (excluding diaryl/α,β-unsaturated/α-hetero) is 2. The molecule has 21 heavy (non-hydrogen) atoms. The number of halogens is 1. The fourth-order valence-electron chi connectivity index (χ4n) is 1.99. The van der Waals surface area contributed by atoms with Crippen LogP contribution in [-0.2, 0) is 0 Å². The highest BCUT2D eigenvalue weighted by molar-refractivity contribution is 9.10. The molecule has 2 aromatic carbocycles. The summed E-state index contributed by atoms with van der Waals surface area (Å²) in [5.74, 6) is -0.396. The zero-order chi connectivity index (χ0) is 15.4. The molecule has 3 nitrogen and oxygen atoms in total. The Hall–Kier alpha value is -1.94. The van der Waals surface area contributed by atoms with Gasteiger partial charge in [-0.05, 0) is 43.3 Å². The van der Waals surface area contributed by atoms with Crippen LogP contribution in [0.15, 0.2) is 53.0 Å². The minimum absolute atomic E-state index is 0.177. The Morgan fingerprint density at radius 3 is 1.76 bits per heavy atom. The molecule has 2 aromatic rings. The van der Waals surface area contributed by atoms with Crippen LogP contribution >= 0.6 is 15.9 Å². The molecule has 1 unspecified atom stereocenters. The van der Waals surface area contributed by atoms with E-state index < -0.39 is 5.92 Å². The van der Waals surface area contributed by atoms with Gasteiger partial charge in [0.1, 0.15) is 5.75 Å². The van der Waals surface area contributed by atoms with E-state index in [4.69, 9.17) is 4.74 Å². The molecule has 0 amide bonds. The smallest absolute Gasteiger partial charge is 0.173 e. The minimum Gasteiger partial charge on any atom is -0.497 e. The Kier molecular flexibility index (Phi) is 4.91. The second-order valence-corrected chi connectivity index (χ2v) is 5.60. The number of hydrogen-bond acceptors (Lipinski definition) is 3. The first-order valence-electron chi connectivity index (χ1n) is 6.51. The quantitative estimate of drug-likeness (QED) is 0.603. The Balaban J connectivity index is 2.17. The van der Waals surface area contributed by atoms with Gasteiger partial charge in [-0.15, -0.1) is 0 Å². The lowest BCUT2D eigenvalue weighted by Crippen LogP contribution is -2.21. The minimum atomic E-state index is -0.709. The molecule has 0 fully saturated rings. The van der Waals surface area contributed by atoms with E-state index in [0.717, 1.165) is 4.47 Å². The lowest BCUT2D eigenvalue weighted by Gasteiger charge is -2.10. The van der Waals surface area contributed by atoms with E-state index in [1.54, 1.807) is 62.6 Å². The van der Waals surface area contributed by atoms with Gasteiger partial charge in [-0.25, -0.2) is 0 Å². The van der Waals surface area contributed by atoms with Crippen LogP contribution < -0.4 is 4.74 Å². The maximum atomic E-state index is 12.4. The van der Waals surface area contributed by atoms with Gasteiger partial charge in [-0.2, -0.15) is 0 Å². The van der Waals surface area contributed by atoms with Crippen molar-refractivity contribution in [3.63, 3.8) is 0 Å². The Morgan fingerprint density at radius 2 is 1.33 bits per heavy atom. The van der Waals surface area contributed by atoms with Crippen LogP contribution in [0.5, 0.6) is 5.75 Å². The number of carbonyl (C=O) groups excluding carboxylic acids is 2. The summed E-state index contributed by atoms with van der Waals surface area (Å²) in [5.41, 5.74) is 1.04. The van der Waals surface area contributed by atoms with Gasteiger partial charge in [0.2, 0.25) is 0 Å². The molecule has 0 spiro atoms. The van der Waals surface area contributed by atoms with Crippen molar-refractivity contribution in [1.82, 2.24) is 0 Å². The van der Waals surface area contributed by atoms with E-state index in [1.165, 1.54) is 0 Å². The molecule has 0 saturated heterocycles. The van der Waals surface area contributed by atoms with E-state index >= 15 is 0 Å². The van der Waals surface area contributed by atoms with Crippen LogP contribution in [-0.4, -0.2) is 18.7 Å². The number of methoxy groups -OCH3 is 1. The number of rotatable bonds is 5. The van der Waals surface area contributed by atoms with Crippen molar-refractivity contribution in [2.45, 2.75) is 6.92 Å². The predicted molar refractivity (Wildman–Crippen MR) is 85.0 cm³/mol. The molecule has 0 heterocycles. The second-order valence-electron chi connectivity index (χ2n) is 4.69. The second kappa shape index (κ2) is 6.68. The molecule has 0 aliphatic carbocycles. The summed E-state index contributed by atoms with van der Waals surface area (Å²) in [7, 11) is 1.57. The van der Waals surface area contributed by atoms with E-state index in [1.807, 2.05) is 0 Å². The van der Waals surface area contributed by atoms with E-state index in [-0.39, 0.29) is 11.6 Å². The average molecular weight is 347 g/mol. The van der Waals surface area contributed by atoms with Crippen molar-refractivity contribution < 1.29 is 14.3 Å². The van der Waals surface area contributed by atoms with Gasteiger partial charge in [0.15, 0.2) is 11.6 Å². The Bertz CT molecular complexity index is 645. The lowest BCUT2D eigenvalue weighted by molar-refractivity contribution is 0.0821. The lowest BCUT2D eigenvalue weighted by atomic mass is 9.91. The molecule has 1 atom stereocenters. The number of hydrogen-bond donors (Lipinski definition) is 0. The SMILES string of the molecule is COc1ccc(C(=O)C(C)C(=O)c2ccc(Br)cc2)cc1. The fourth-order valence-corrected chi connectivity index (χ4v) is 2.25. The highest BCUT2D eigenvalue weighted by atomic mass is 79.9. The zero-order valence-corrected chi connectivity index (χ0v) is 13.4. The van der Waals surface area contributed by atoms with Crippen molar-refractivity contribution in [3.05, 3.63) is 64.1 Å². The van der Waals surface area contributed by atoms with Crippen molar-refractivity contribution in [2.24, 2.45) is 5.92 Å². The van der Waals surface area contributed by atoms with E-state index in [0.29, 0.717) is 16.9 Å². The largest absolute Gasteiger partial charge is 0.497 e. The third-order valence-electron chi connectivity index (χ3n) is 3.29. The molecule has 2 rings (SSSR count). The third kappa shape index (κ3) is 3.58. The van der Waals surface area contributed by atoms with Gasteiger partial charge in [0.05, 0.1) is 13.0 Å². The molecule has 0 aromatic heterocycles. The first kappa shape index (κ1) is 15.4. The zero-order valence-electron chi connectivity index (χ0n) is 11.8. The molecule has 0 saturated carbocycles. The predicted octanol–water partition coefficient (Wildman–Crippen LogP) is 4.16. The average Bonchev–Trinajstić information content (AvgIpc) is 2.53. The monoisotopic (exact) mass is 346 g/mol. The summed E-state index contributed by atoms with van der Waals surface area (Å²) in [6.45, 7) is 1.64. The van der Waals surface area contributed by atoms with Crippen molar-refractivity contribution in [1.29, 1.82) is 0 Å². The molecular formula is C17H15BrO3. The van der Waals surface area contributed by atoms with Crippen LogP contribution in [0.25, 0.3) is 0 Å². The van der Waals surface area contributed by atoms with Crippen LogP contribution in [0.1, 0.15) is 27.6 Å². The third-order valence-corrected chi connectivity index (χ3v) is 3.82. The standard InChI is InChI=1S/C17H15BrO3/c1-11(16(19)12-3-7-14(18)8-4-12)17(20)13-5-9-15(21-2)10-6-13/h3-11H,1-2H3. The summed E-state index contributed by atoms with van der Waals surface area (Å²) in [5, 5.41) is 0. The Morgan fingerprint density at radius 1 is 0.905 bits per heavy atom. The number of ether oxygens (including phenoxy) is 1. The summed E-state index contributed by atoms with van der Waals surface area (Å²) in [6, 6.07) is 13.8. The maximum absolute atomic E-state index is 12.4. The summed E-state index contributed by atoms with van der Waals surface area (Å²) < 4.78 is 5.95. The van der Waals surface area contributed by atoms with Gasteiger partial charge in [0.25, 0.3) is 0 Å². The number of carbonyl (C=O) groups is 2. The molecular weight excluding hydrogens is 332 g/mol. The summed E-state index contributed by atoms with van der Waals surface area (Å²) in [6.07, 6.45) is 0. The van der Waals surface area contributed by atoms with E-state index in [2.05, 4.69) is 15.9 Å². The van der Waals surface area contributed by atoms with Crippen molar-refractivity contribution in [3.8, 4) is 5.75 Å². The highest BCUT2D eigenvalue weighted by Gasteiger charge is 2.23. The molecule has 0 aliphatic heterocycles. The van der Waals surface area contributed by atoms with Gasteiger partial charge in [0, 0.05) is 15.6 Å². The summed E-state index contributed by atoms with van der Waals surface area (Å²) in [4.78, 5) is 24.7. The van der Waals surface area contributed by atoms with Crippen molar-refractivity contribution >= 4 is 27.5 Å². The molecule has 108 valence electrons. The van der Waals surface area contributed by atoms with Crippen LogP contribution in [0.3, 0.4) is 0 Å². The van der Waals surface area contributed by atoms with Crippen LogP contribution in [0, 0.1) is 5.92 Å². The first-order valence-corrected chi connectivity index (χ1v) is 7.30. The molecule has 0 N–H and O–H groups in total. The maximum Gasteiger partial charge on any atom is 0.173 e.